The van der Waals surface area contributed by atoms with Gasteiger partial charge in [0, 0.05) is 8.07 Å². The number of carbonyl (C=O) groups is 2. The number of nitrogens with zero attached hydrogens (tertiary/aromatic N) is 1. The summed E-state index contributed by atoms with van der Waals surface area (Å²) in [7, 11) is -1.21. The lowest BCUT2D eigenvalue weighted by molar-refractivity contribution is -0.151. The van der Waals surface area contributed by atoms with Crippen LogP contribution in [0.5, 0.6) is 0 Å². The average Bonchev–Trinajstić information content (AvgIpc) is 2.20. The molecule has 19 heavy (non-hydrogen) atoms. The van der Waals surface area contributed by atoms with Gasteiger partial charge in [-0.15, -0.1) is 0 Å². The number of carboxylic acids is 1. The lowest BCUT2D eigenvalue weighted by Crippen LogP contribution is -2.74. The van der Waals surface area contributed by atoms with Crippen molar-refractivity contribution in [3.63, 3.8) is 0 Å². The number of likely N-dealkylation sites (tertiary alicyclic amines) is 1. The zero-order valence-electron chi connectivity index (χ0n) is 12.2. The van der Waals surface area contributed by atoms with Crippen molar-refractivity contribution >= 4 is 20.1 Å². The molecule has 1 rings (SSSR count). The van der Waals surface area contributed by atoms with Crippen molar-refractivity contribution in [2.24, 2.45) is 0 Å². The zero-order valence-corrected chi connectivity index (χ0v) is 13.2. The van der Waals surface area contributed by atoms with Crippen LogP contribution in [0.4, 0.5) is 4.79 Å². The van der Waals surface area contributed by atoms with Crippen LogP contribution >= 0.6 is 0 Å². The number of carbonyl (C=O) groups excluding carboxylic acids is 1. The molecule has 1 heterocycles. The van der Waals surface area contributed by atoms with Gasteiger partial charge in [-0.3, -0.25) is 10.1 Å². The summed E-state index contributed by atoms with van der Waals surface area (Å²) < 4.78 is 5.17. The maximum Gasteiger partial charge on any atom is 0.409 e. The molecule has 0 aromatic rings. The molecule has 110 valence electrons. The van der Waals surface area contributed by atoms with Crippen LogP contribution < -0.4 is 5.32 Å². The van der Waals surface area contributed by atoms with Gasteiger partial charge in [-0.2, -0.15) is 0 Å². The number of likely N-dealkylation sites (N-methyl/N-ethyl adjacent to an activating group) is 1. The fraction of sp³-hybridized carbons (Fsp3) is 0.833. The van der Waals surface area contributed by atoms with Crippen molar-refractivity contribution < 1.29 is 19.4 Å². The number of amides is 1. The first-order valence-corrected chi connectivity index (χ1v) is 10.3. The van der Waals surface area contributed by atoms with Crippen LogP contribution in [0, 0.1) is 0 Å². The minimum absolute atomic E-state index is 0.169. The normalized spacial score (nSPS) is 17.8. The number of nitrogens with one attached hydrogen (secondary N) is 1. The van der Waals surface area contributed by atoms with Crippen molar-refractivity contribution in [3.8, 4) is 0 Å². The fourth-order valence-corrected chi connectivity index (χ4v) is 2.65. The van der Waals surface area contributed by atoms with E-state index < -0.39 is 25.7 Å². The van der Waals surface area contributed by atoms with Gasteiger partial charge in [0.1, 0.15) is 0 Å². The second-order valence-electron chi connectivity index (χ2n) is 6.20. The first kappa shape index (κ1) is 16.0. The highest BCUT2D eigenvalue weighted by Gasteiger charge is 2.51. The molecule has 1 saturated heterocycles. The smallest absolute Gasteiger partial charge is 0.409 e. The Morgan fingerprint density at radius 3 is 2.37 bits per heavy atom. The topological polar surface area (TPSA) is 78.9 Å². The van der Waals surface area contributed by atoms with Crippen LogP contribution in [0.1, 0.15) is 6.92 Å². The van der Waals surface area contributed by atoms with Gasteiger partial charge in [0.25, 0.3) is 0 Å². The Hall–Kier alpha value is -1.08. The average molecular weight is 288 g/mol. The summed E-state index contributed by atoms with van der Waals surface area (Å²) in [6, 6.07) is 0.920. The highest BCUT2D eigenvalue weighted by molar-refractivity contribution is 6.76. The van der Waals surface area contributed by atoms with Gasteiger partial charge in [0.05, 0.1) is 19.7 Å². The number of ether oxygens (including phenoxy) is 1. The highest BCUT2D eigenvalue weighted by atomic mass is 28.3. The summed E-state index contributed by atoms with van der Waals surface area (Å²) >= 11 is 0. The predicted molar refractivity (Wildman–Crippen MR) is 75.1 cm³/mol. The molecular formula is C12H24N2O4Si. The SMILES string of the molecule is CCNC1(C(=O)O)CN(C(=O)OCC[Si](C)(C)C)C1. The van der Waals surface area contributed by atoms with Gasteiger partial charge in [-0.1, -0.05) is 26.6 Å². The van der Waals surface area contributed by atoms with Crippen LogP contribution in [-0.4, -0.2) is 61.9 Å². The van der Waals surface area contributed by atoms with E-state index in [1.54, 1.807) is 0 Å². The monoisotopic (exact) mass is 288 g/mol. The van der Waals surface area contributed by atoms with Crippen LogP contribution in [0.25, 0.3) is 0 Å². The summed E-state index contributed by atoms with van der Waals surface area (Å²) in [6.45, 7) is 9.81. The van der Waals surface area contributed by atoms with Gasteiger partial charge < -0.3 is 14.7 Å². The lowest BCUT2D eigenvalue weighted by atomic mass is 9.90. The number of aliphatic carboxylic acids is 1. The minimum atomic E-state index is -1.21. The van der Waals surface area contributed by atoms with Gasteiger partial charge >= 0.3 is 12.1 Å². The van der Waals surface area contributed by atoms with Gasteiger partial charge in [0.2, 0.25) is 0 Å². The lowest BCUT2D eigenvalue weighted by Gasteiger charge is -2.46. The van der Waals surface area contributed by atoms with Gasteiger partial charge in [0.15, 0.2) is 5.54 Å². The first-order valence-electron chi connectivity index (χ1n) is 6.60. The van der Waals surface area contributed by atoms with Gasteiger partial charge in [-0.25, -0.2) is 4.79 Å². The molecule has 0 radical (unpaired) electrons. The number of hydrogen-bond acceptors (Lipinski definition) is 4. The van der Waals surface area contributed by atoms with E-state index in [2.05, 4.69) is 25.0 Å². The third kappa shape index (κ3) is 4.21. The molecule has 6 nitrogen and oxygen atoms in total. The Bertz CT molecular complexity index is 348. The van der Waals surface area contributed by atoms with Crippen LogP contribution in [0.2, 0.25) is 25.7 Å². The Balaban J connectivity index is 2.36. The second-order valence-corrected chi connectivity index (χ2v) is 11.8. The zero-order chi connectivity index (χ0) is 14.7. The third-order valence-electron chi connectivity index (χ3n) is 3.18. The minimum Gasteiger partial charge on any atom is -0.480 e. The van der Waals surface area contributed by atoms with Crippen molar-refractivity contribution in [3.05, 3.63) is 0 Å². The van der Waals surface area contributed by atoms with E-state index in [1.165, 1.54) is 4.90 Å². The maximum atomic E-state index is 11.7. The molecule has 1 aliphatic heterocycles. The standard InChI is InChI=1S/C12H24N2O4Si/c1-5-13-12(10(15)16)8-14(9-12)11(17)18-6-7-19(2,3)4/h13H,5-9H2,1-4H3,(H,15,16). The Morgan fingerprint density at radius 2 is 1.95 bits per heavy atom. The number of hydrogen-bond donors (Lipinski definition) is 2. The van der Waals surface area contributed by atoms with Crippen molar-refractivity contribution in [1.82, 2.24) is 10.2 Å². The molecule has 0 bridgehead atoms. The second kappa shape index (κ2) is 5.92. The van der Waals surface area contributed by atoms with E-state index in [0.29, 0.717) is 13.2 Å². The molecular weight excluding hydrogens is 264 g/mol. The number of rotatable bonds is 6. The summed E-state index contributed by atoms with van der Waals surface area (Å²) in [6.07, 6.45) is -0.409. The molecule has 0 unspecified atom stereocenters. The molecule has 7 heteroatoms. The molecule has 2 N–H and O–H groups in total. The van der Waals surface area contributed by atoms with Crippen molar-refractivity contribution in [2.45, 2.75) is 38.1 Å². The van der Waals surface area contributed by atoms with E-state index in [1.807, 2.05) is 6.92 Å². The molecule has 0 aromatic heterocycles. The van der Waals surface area contributed by atoms with E-state index in [9.17, 15) is 9.59 Å². The summed E-state index contributed by atoms with van der Waals surface area (Å²) in [5.74, 6) is -0.916. The molecule has 0 atom stereocenters. The fourth-order valence-electron chi connectivity index (χ4n) is 1.93. The molecule has 1 aliphatic rings. The van der Waals surface area contributed by atoms with E-state index in [-0.39, 0.29) is 13.1 Å². The Labute approximate surface area is 115 Å². The highest BCUT2D eigenvalue weighted by Crippen LogP contribution is 2.22. The van der Waals surface area contributed by atoms with Crippen molar-refractivity contribution in [1.29, 1.82) is 0 Å². The van der Waals surface area contributed by atoms with E-state index in [0.717, 1.165) is 6.04 Å². The molecule has 0 saturated carbocycles. The Morgan fingerprint density at radius 1 is 1.37 bits per heavy atom. The van der Waals surface area contributed by atoms with Crippen LogP contribution in [0.3, 0.4) is 0 Å². The quantitative estimate of drug-likeness (QED) is 0.718. The molecule has 0 spiro atoms. The molecule has 0 aromatic carbocycles. The first-order chi connectivity index (χ1) is 8.70. The van der Waals surface area contributed by atoms with Crippen LogP contribution in [-0.2, 0) is 9.53 Å². The summed E-state index contributed by atoms with van der Waals surface area (Å²) in [5.41, 5.74) is -0.994. The van der Waals surface area contributed by atoms with E-state index in [4.69, 9.17) is 9.84 Å². The summed E-state index contributed by atoms with van der Waals surface area (Å²) in [4.78, 5) is 24.3. The van der Waals surface area contributed by atoms with E-state index >= 15 is 0 Å². The number of carboxylic acid groups (broad SMARTS) is 1. The van der Waals surface area contributed by atoms with Gasteiger partial charge in [-0.05, 0) is 12.6 Å². The predicted octanol–water partition coefficient (Wildman–Crippen LogP) is 1.21. The molecule has 0 aliphatic carbocycles. The maximum absolute atomic E-state index is 11.7. The molecule has 1 fully saturated rings. The summed E-state index contributed by atoms with van der Waals surface area (Å²) in [5, 5.41) is 12.1. The Kier molecular flexibility index (Phi) is 4.97. The van der Waals surface area contributed by atoms with Crippen molar-refractivity contribution in [2.75, 3.05) is 26.2 Å². The van der Waals surface area contributed by atoms with Crippen LogP contribution in [0.15, 0.2) is 0 Å². The largest absolute Gasteiger partial charge is 0.480 e. The molecule has 1 amide bonds. The third-order valence-corrected chi connectivity index (χ3v) is 4.89.